The molecule has 1 atom stereocenters. The highest BCUT2D eigenvalue weighted by atomic mass is 16.1. The summed E-state index contributed by atoms with van der Waals surface area (Å²) in [5, 5.41) is 0. The zero-order valence-corrected chi connectivity index (χ0v) is 9.49. The molecule has 1 unspecified atom stereocenters. The van der Waals surface area contributed by atoms with E-state index in [9.17, 15) is 4.79 Å². The summed E-state index contributed by atoms with van der Waals surface area (Å²) in [6, 6.07) is 8.02. The first kappa shape index (κ1) is 11.9. The predicted molar refractivity (Wildman–Crippen MR) is 62.7 cm³/mol. The summed E-state index contributed by atoms with van der Waals surface area (Å²) in [4.78, 5) is 11.7. The van der Waals surface area contributed by atoms with Crippen molar-refractivity contribution in [3.05, 3.63) is 35.4 Å². The maximum atomic E-state index is 11.7. The van der Waals surface area contributed by atoms with Crippen LogP contribution in [0.4, 0.5) is 0 Å². The molecule has 2 nitrogen and oxygen atoms in total. The smallest absolute Gasteiger partial charge is 0.137 e. The molecule has 82 valence electrons. The summed E-state index contributed by atoms with van der Waals surface area (Å²) in [5.41, 5.74) is 7.81. The minimum Gasteiger partial charge on any atom is -0.330 e. The van der Waals surface area contributed by atoms with Gasteiger partial charge in [-0.3, -0.25) is 4.79 Å². The second kappa shape index (κ2) is 5.66. The molecule has 0 amide bonds. The topological polar surface area (TPSA) is 43.1 Å². The maximum Gasteiger partial charge on any atom is 0.137 e. The molecule has 0 aromatic heterocycles. The van der Waals surface area contributed by atoms with E-state index >= 15 is 0 Å². The molecule has 0 saturated carbocycles. The van der Waals surface area contributed by atoms with Crippen molar-refractivity contribution in [2.24, 2.45) is 11.7 Å². The number of carbonyl (C=O) groups excluding carboxylic acids is 1. The lowest BCUT2D eigenvalue weighted by Gasteiger charge is -2.08. The number of Topliss-reactive ketones (excluding diaryl/α,β-unsaturated/α-hetero) is 1. The van der Waals surface area contributed by atoms with E-state index in [1.807, 2.05) is 38.1 Å². The van der Waals surface area contributed by atoms with E-state index in [1.54, 1.807) is 0 Å². The van der Waals surface area contributed by atoms with Crippen LogP contribution in [0.2, 0.25) is 0 Å². The molecule has 2 N–H and O–H groups in total. The van der Waals surface area contributed by atoms with Crippen LogP contribution in [0.3, 0.4) is 0 Å². The largest absolute Gasteiger partial charge is 0.330 e. The van der Waals surface area contributed by atoms with Crippen LogP contribution in [0.25, 0.3) is 0 Å². The number of hydrogen-bond acceptors (Lipinski definition) is 2. The summed E-state index contributed by atoms with van der Waals surface area (Å²) in [7, 11) is 0. The Hall–Kier alpha value is -1.15. The van der Waals surface area contributed by atoms with Gasteiger partial charge in [0.25, 0.3) is 0 Å². The predicted octanol–water partition coefficient (Wildman–Crippen LogP) is 2.09. The average Bonchev–Trinajstić information content (AvgIpc) is 2.21. The lowest BCUT2D eigenvalue weighted by Crippen LogP contribution is -2.16. The summed E-state index contributed by atoms with van der Waals surface area (Å²) < 4.78 is 0. The molecule has 1 aromatic carbocycles. The zero-order chi connectivity index (χ0) is 11.3. The zero-order valence-electron chi connectivity index (χ0n) is 9.49. The Labute approximate surface area is 91.5 Å². The second-order valence-electron chi connectivity index (χ2n) is 4.19. The first-order chi connectivity index (χ1) is 7.13. The molecule has 0 aliphatic carbocycles. The van der Waals surface area contributed by atoms with Crippen molar-refractivity contribution in [1.82, 2.24) is 0 Å². The van der Waals surface area contributed by atoms with Crippen LogP contribution < -0.4 is 5.73 Å². The average molecular weight is 205 g/mol. The molecule has 0 radical (unpaired) electrons. The van der Waals surface area contributed by atoms with Gasteiger partial charge in [-0.25, -0.2) is 0 Å². The standard InChI is InChI=1S/C13H19NO/c1-10(9-14)7-13(15)8-12-6-4-3-5-11(12)2/h3-6,10H,7-9,14H2,1-2H3. The molecule has 1 aromatic rings. The Morgan fingerprint density at radius 1 is 1.40 bits per heavy atom. The third kappa shape index (κ3) is 3.84. The highest BCUT2D eigenvalue weighted by Crippen LogP contribution is 2.10. The molecular weight excluding hydrogens is 186 g/mol. The highest BCUT2D eigenvalue weighted by molar-refractivity contribution is 5.81. The quantitative estimate of drug-likeness (QED) is 0.800. The fourth-order valence-electron chi connectivity index (χ4n) is 1.57. The first-order valence-corrected chi connectivity index (χ1v) is 5.39. The van der Waals surface area contributed by atoms with Gasteiger partial charge in [0.2, 0.25) is 0 Å². The van der Waals surface area contributed by atoms with Gasteiger partial charge in [0.05, 0.1) is 0 Å². The number of ketones is 1. The van der Waals surface area contributed by atoms with Crippen molar-refractivity contribution in [1.29, 1.82) is 0 Å². The van der Waals surface area contributed by atoms with Crippen LogP contribution in [0, 0.1) is 12.8 Å². The molecule has 2 heteroatoms. The Morgan fingerprint density at radius 3 is 2.67 bits per heavy atom. The van der Waals surface area contributed by atoms with E-state index in [0.717, 1.165) is 5.56 Å². The summed E-state index contributed by atoms with van der Waals surface area (Å²) in [6.07, 6.45) is 1.13. The fourth-order valence-corrected chi connectivity index (χ4v) is 1.57. The third-order valence-electron chi connectivity index (χ3n) is 2.63. The molecule has 0 saturated heterocycles. The summed E-state index contributed by atoms with van der Waals surface area (Å²) in [6.45, 7) is 4.63. The van der Waals surface area contributed by atoms with Crippen LogP contribution in [-0.2, 0) is 11.2 Å². The lowest BCUT2D eigenvalue weighted by atomic mass is 9.98. The third-order valence-corrected chi connectivity index (χ3v) is 2.63. The molecule has 1 rings (SSSR count). The Balaban J connectivity index is 2.55. The molecular formula is C13H19NO. The number of benzene rings is 1. The van der Waals surface area contributed by atoms with Crippen LogP contribution in [0.5, 0.6) is 0 Å². The number of rotatable bonds is 5. The Morgan fingerprint density at radius 2 is 2.07 bits per heavy atom. The van der Waals surface area contributed by atoms with Crippen molar-refractivity contribution < 1.29 is 4.79 Å². The Bertz CT molecular complexity index is 333. The van der Waals surface area contributed by atoms with Gasteiger partial charge < -0.3 is 5.73 Å². The van der Waals surface area contributed by atoms with E-state index < -0.39 is 0 Å². The highest BCUT2D eigenvalue weighted by Gasteiger charge is 2.09. The SMILES string of the molecule is Cc1ccccc1CC(=O)CC(C)CN. The van der Waals surface area contributed by atoms with E-state index in [-0.39, 0.29) is 5.78 Å². The summed E-state index contributed by atoms with van der Waals surface area (Å²) in [5.74, 6) is 0.573. The second-order valence-corrected chi connectivity index (χ2v) is 4.19. The fraction of sp³-hybridized carbons (Fsp3) is 0.462. The van der Waals surface area contributed by atoms with Crippen LogP contribution in [0.15, 0.2) is 24.3 Å². The van der Waals surface area contributed by atoms with Crippen molar-refractivity contribution >= 4 is 5.78 Å². The maximum absolute atomic E-state index is 11.7. The van der Waals surface area contributed by atoms with Crippen molar-refractivity contribution in [2.45, 2.75) is 26.7 Å². The number of carbonyl (C=O) groups is 1. The summed E-state index contributed by atoms with van der Waals surface area (Å²) >= 11 is 0. The number of nitrogens with two attached hydrogens (primary N) is 1. The van der Waals surface area contributed by atoms with E-state index in [1.165, 1.54) is 5.56 Å². The molecule has 0 aliphatic rings. The van der Waals surface area contributed by atoms with Gasteiger partial charge in [0.15, 0.2) is 0 Å². The van der Waals surface area contributed by atoms with E-state index in [2.05, 4.69) is 0 Å². The van der Waals surface area contributed by atoms with E-state index in [0.29, 0.717) is 25.3 Å². The minimum atomic E-state index is 0.280. The van der Waals surface area contributed by atoms with Crippen LogP contribution >= 0.6 is 0 Å². The van der Waals surface area contributed by atoms with Gasteiger partial charge in [-0.05, 0) is 30.5 Å². The molecule has 0 bridgehead atoms. The van der Waals surface area contributed by atoms with Crippen molar-refractivity contribution in [3.63, 3.8) is 0 Å². The van der Waals surface area contributed by atoms with Gasteiger partial charge in [-0.2, -0.15) is 0 Å². The first-order valence-electron chi connectivity index (χ1n) is 5.39. The number of aryl methyl sites for hydroxylation is 1. The van der Waals surface area contributed by atoms with Crippen molar-refractivity contribution in [2.75, 3.05) is 6.54 Å². The minimum absolute atomic E-state index is 0.280. The van der Waals surface area contributed by atoms with Crippen molar-refractivity contribution in [3.8, 4) is 0 Å². The van der Waals surface area contributed by atoms with Crippen LogP contribution in [-0.4, -0.2) is 12.3 Å². The normalized spacial score (nSPS) is 12.5. The van der Waals surface area contributed by atoms with Crippen LogP contribution in [0.1, 0.15) is 24.5 Å². The monoisotopic (exact) mass is 205 g/mol. The molecule has 0 spiro atoms. The molecule has 0 heterocycles. The van der Waals surface area contributed by atoms with Gasteiger partial charge in [0, 0.05) is 12.8 Å². The van der Waals surface area contributed by atoms with Gasteiger partial charge in [0.1, 0.15) is 5.78 Å². The molecule has 0 aliphatic heterocycles. The molecule has 15 heavy (non-hydrogen) atoms. The Kier molecular flexibility index (Phi) is 4.50. The van der Waals surface area contributed by atoms with E-state index in [4.69, 9.17) is 5.73 Å². The number of hydrogen-bond donors (Lipinski definition) is 1. The lowest BCUT2D eigenvalue weighted by molar-refractivity contribution is -0.119. The van der Waals surface area contributed by atoms with Gasteiger partial charge in [-0.1, -0.05) is 31.2 Å². The molecule has 0 fully saturated rings. The van der Waals surface area contributed by atoms with Gasteiger partial charge >= 0.3 is 0 Å². The van der Waals surface area contributed by atoms with Gasteiger partial charge in [-0.15, -0.1) is 0 Å².